The molecule has 0 unspecified atom stereocenters. The van der Waals surface area contributed by atoms with Crippen LogP contribution in [0.5, 0.6) is 0 Å². The standard InChI is InChI=1S/C63H46N2/c1-63(2)39-50(36-48-35-47-37-57-54-19-11-9-17-52(54)53-18-10-12-20-55(53)58(57)38-56(47)62(48)63)65-59-34-33-51(44-29-31-49(64)32-30-44)60(45-25-21-42(22-26-45)40-13-5-3-6-14-40)61(59)46-27-23-43(24-28-46)41-15-7-4-8-16-41/h3-39,65H,64H2,1-2H3. The molecule has 10 aromatic rings. The summed E-state index contributed by atoms with van der Waals surface area (Å²) in [6, 6.07) is 74.7. The minimum Gasteiger partial charge on any atom is -0.399 e. The first-order valence-corrected chi connectivity index (χ1v) is 22.5. The fourth-order valence-electron chi connectivity index (χ4n) is 10.6. The predicted octanol–water partition coefficient (Wildman–Crippen LogP) is 15.0. The molecule has 0 spiro atoms. The maximum atomic E-state index is 6.27. The van der Waals surface area contributed by atoms with E-state index < -0.39 is 0 Å². The highest BCUT2D eigenvalue weighted by Gasteiger charge is 2.31. The number of rotatable bonds is 7. The third-order valence-corrected chi connectivity index (χ3v) is 13.5. The van der Waals surface area contributed by atoms with Crippen molar-refractivity contribution in [3.8, 4) is 55.6 Å². The van der Waals surface area contributed by atoms with E-state index in [0.717, 1.165) is 50.5 Å². The quantitative estimate of drug-likeness (QED) is 0.124. The molecule has 0 heterocycles. The SMILES string of the molecule is CC1(C)C=C(Nc2ccc(-c3ccc(N)cc3)c(-c3ccc(-c4ccccc4)cc3)c2-c2ccc(-c3ccccc3)cc2)C=C2C=c3cc4c5ccccc5c5ccccc5c4cc3=C21. The number of anilines is 2. The predicted molar refractivity (Wildman–Crippen MR) is 278 cm³/mol. The van der Waals surface area contributed by atoms with Crippen molar-refractivity contribution in [3.05, 3.63) is 240 Å². The van der Waals surface area contributed by atoms with Gasteiger partial charge in [0.2, 0.25) is 0 Å². The van der Waals surface area contributed by atoms with E-state index in [1.807, 2.05) is 12.1 Å². The van der Waals surface area contributed by atoms with E-state index in [2.05, 4.69) is 232 Å². The van der Waals surface area contributed by atoms with Gasteiger partial charge in [-0.15, -0.1) is 0 Å². The molecule has 12 rings (SSSR count). The molecule has 0 amide bonds. The van der Waals surface area contributed by atoms with Crippen molar-refractivity contribution in [1.82, 2.24) is 0 Å². The van der Waals surface area contributed by atoms with Crippen LogP contribution in [0.1, 0.15) is 13.8 Å². The number of benzene rings is 10. The largest absolute Gasteiger partial charge is 0.399 e. The Labute approximate surface area is 379 Å². The molecular weight excluding hydrogens is 785 g/mol. The molecule has 0 saturated heterocycles. The first kappa shape index (κ1) is 38.5. The van der Waals surface area contributed by atoms with Gasteiger partial charge in [-0.3, -0.25) is 0 Å². The van der Waals surface area contributed by atoms with E-state index in [9.17, 15) is 0 Å². The number of hydrogen-bond acceptors (Lipinski definition) is 2. The maximum Gasteiger partial charge on any atom is 0.0470 e. The summed E-state index contributed by atoms with van der Waals surface area (Å²) < 4.78 is 0. The van der Waals surface area contributed by atoms with Gasteiger partial charge in [-0.25, -0.2) is 0 Å². The van der Waals surface area contributed by atoms with Gasteiger partial charge in [0.15, 0.2) is 0 Å². The monoisotopic (exact) mass is 830 g/mol. The second-order valence-corrected chi connectivity index (χ2v) is 18.1. The fourth-order valence-corrected chi connectivity index (χ4v) is 10.6. The minimum atomic E-state index is -0.258. The van der Waals surface area contributed by atoms with Crippen molar-refractivity contribution in [2.24, 2.45) is 5.41 Å². The Kier molecular flexibility index (Phi) is 9.03. The number of allylic oxidation sites excluding steroid dienone is 3. The third kappa shape index (κ3) is 6.65. The maximum absolute atomic E-state index is 6.27. The van der Waals surface area contributed by atoms with Crippen LogP contribution in [0, 0.1) is 5.41 Å². The van der Waals surface area contributed by atoms with Crippen molar-refractivity contribution in [1.29, 1.82) is 0 Å². The molecule has 0 bridgehead atoms. The highest BCUT2D eigenvalue weighted by molar-refractivity contribution is 6.25. The molecule has 2 aliphatic rings. The summed E-state index contributed by atoms with van der Waals surface area (Å²) in [4.78, 5) is 0. The number of nitrogen functional groups attached to an aromatic ring is 1. The molecule has 0 aliphatic heterocycles. The molecule has 3 N–H and O–H groups in total. The van der Waals surface area contributed by atoms with Gasteiger partial charge in [-0.2, -0.15) is 0 Å². The molecule has 2 aliphatic carbocycles. The lowest BCUT2D eigenvalue weighted by Crippen LogP contribution is -2.28. The zero-order valence-electron chi connectivity index (χ0n) is 36.4. The van der Waals surface area contributed by atoms with E-state index >= 15 is 0 Å². The average molecular weight is 831 g/mol. The molecule has 65 heavy (non-hydrogen) atoms. The zero-order chi connectivity index (χ0) is 43.6. The molecule has 0 saturated carbocycles. The lowest BCUT2D eigenvalue weighted by atomic mass is 9.76. The second-order valence-electron chi connectivity index (χ2n) is 18.1. The fraction of sp³-hybridized carbons (Fsp3) is 0.0476. The van der Waals surface area contributed by atoms with Crippen LogP contribution in [0.4, 0.5) is 11.4 Å². The van der Waals surface area contributed by atoms with Crippen LogP contribution in [0.2, 0.25) is 0 Å². The van der Waals surface area contributed by atoms with Crippen LogP contribution in [0.3, 0.4) is 0 Å². The highest BCUT2D eigenvalue weighted by atomic mass is 14.9. The summed E-state index contributed by atoms with van der Waals surface area (Å²) in [5.41, 5.74) is 23.1. The molecule has 308 valence electrons. The number of fused-ring (bicyclic) bond motifs is 8. The topological polar surface area (TPSA) is 38.0 Å². The van der Waals surface area contributed by atoms with Gasteiger partial charge >= 0.3 is 0 Å². The Morgan fingerprint density at radius 2 is 0.862 bits per heavy atom. The van der Waals surface area contributed by atoms with Gasteiger partial charge in [-0.1, -0.05) is 196 Å². The second kappa shape index (κ2) is 15.3. The molecule has 0 radical (unpaired) electrons. The van der Waals surface area contributed by atoms with Crippen molar-refractivity contribution in [2.45, 2.75) is 13.8 Å². The van der Waals surface area contributed by atoms with E-state index in [1.165, 1.54) is 76.2 Å². The number of nitrogens with two attached hydrogens (primary N) is 1. The molecule has 10 aromatic carbocycles. The Balaban J connectivity index is 1.04. The molecule has 0 fully saturated rings. The van der Waals surface area contributed by atoms with Crippen molar-refractivity contribution in [2.75, 3.05) is 11.1 Å². The van der Waals surface area contributed by atoms with Crippen molar-refractivity contribution < 1.29 is 0 Å². The third-order valence-electron chi connectivity index (χ3n) is 13.5. The van der Waals surface area contributed by atoms with Crippen LogP contribution in [-0.2, 0) is 0 Å². The van der Waals surface area contributed by atoms with Gasteiger partial charge in [-0.05, 0) is 146 Å². The van der Waals surface area contributed by atoms with E-state index in [4.69, 9.17) is 5.73 Å². The summed E-state index contributed by atoms with van der Waals surface area (Å²) in [6.45, 7) is 4.71. The smallest absolute Gasteiger partial charge is 0.0470 e. The Morgan fingerprint density at radius 3 is 1.43 bits per heavy atom. The molecule has 2 heteroatoms. The van der Waals surface area contributed by atoms with Crippen molar-refractivity contribution >= 4 is 55.3 Å². The van der Waals surface area contributed by atoms with E-state index in [0.29, 0.717) is 0 Å². The Hall–Kier alpha value is -8.20. The van der Waals surface area contributed by atoms with Crippen LogP contribution >= 0.6 is 0 Å². The van der Waals surface area contributed by atoms with Crippen LogP contribution in [0.25, 0.3) is 99.6 Å². The first-order valence-electron chi connectivity index (χ1n) is 22.5. The van der Waals surface area contributed by atoms with Crippen LogP contribution < -0.4 is 21.5 Å². The van der Waals surface area contributed by atoms with E-state index in [1.54, 1.807) is 0 Å². The lowest BCUT2D eigenvalue weighted by molar-refractivity contribution is 0.639. The summed E-state index contributed by atoms with van der Waals surface area (Å²) in [5.74, 6) is 0. The van der Waals surface area contributed by atoms with Gasteiger partial charge in [0.05, 0.1) is 0 Å². The van der Waals surface area contributed by atoms with Crippen molar-refractivity contribution in [3.63, 3.8) is 0 Å². The average Bonchev–Trinajstić information content (AvgIpc) is 3.72. The van der Waals surface area contributed by atoms with Gasteiger partial charge < -0.3 is 11.1 Å². The Bertz CT molecular complexity index is 3710. The summed E-state index contributed by atoms with van der Waals surface area (Å²) in [6.07, 6.45) is 7.17. The molecular formula is C63H46N2. The van der Waals surface area contributed by atoms with E-state index in [-0.39, 0.29) is 5.41 Å². The minimum absolute atomic E-state index is 0.258. The molecule has 0 aromatic heterocycles. The normalized spacial score (nSPS) is 13.8. The van der Waals surface area contributed by atoms with Gasteiger partial charge in [0, 0.05) is 28.1 Å². The molecule has 2 nitrogen and oxygen atoms in total. The van der Waals surface area contributed by atoms with Gasteiger partial charge in [0.25, 0.3) is 0 Å². The summed E-state index contributed by atoms with van der Waals surface area (Å²) in [5, 5.41) is 14.4. The summed E-state index contributed by atoms with van der Waals surface area (Å²) >= 11 is 0. The summed E-state index contributed by atoms with van der Waals surface area (Å²) in [7, 11) is 0. The number of hydrogen-bond donors (Lipinski definition) is 2. The Morgan fingerprint density at radius 1 is 0.400 bits per heavy atom. The number of nitrogens with one attached hydrogen (secondary N) is 1. The highest BCUT2D eigenvalue weighted by Crippen LogP contribution is 2.47. The lowest BCUT2D eigenvalue weighted by Gasteiger charge is -2.30. The first-order chi connectivity index (χ1) is 31.9. The zero-order valence-corrected chi connectivity index (χ0v) is 36.4. The molecule has 0 atom stereocenters. The van der Waals surface area contributed by atoms with Crippen LogP contribution in [-0.4, -0.2) is 0 Å². The van der Waals surface area contributed by atoms with Crippen LogP contribution in [0.15, 0.2) is 230 Å². The van der Waals surface area contributed by atoms with Gasteiger partial charge in [0.1, 0.15) is 0 Å².